The van der Waals surface area contributed by atoms with Crippen molar-refractivity contribution in [3.8, 4) is 6.07 Å². The fourth-order valence-corrected chi connectivity index (χ4v) is 2.75. The van der Waals surface area contributed by atoms with E-state index in [4.69, 9.17) is 11.0 Å². The van der Waals surface area contributed by atoms with Gasteiger partial charge in [0.2, 0.25) is 5.91 Å². The number of nitrogens with one attached hydrogen (secondary N) is 1. The zero-order chi connectivity index (χ0) is 15.8. The lowest BCUT2D eigenvalue weighted by atomic mass is 10.2. The number of nitriles is 1. The SMILES string of the molecule is N#Cc1ccc(SCCC(N)C(=O)Nc2ccccc2)cc1. The quantitative estimate of drug-likeness (QED) is 0.804. The van der Waals surface area contributed by atoms with Crippen LogP contribution in [-0.4, -0.2) is 17.7 Å². The third kappa shape index (κ3) is 4.92. The first-order valence-electron chi connectivity index (χ1n) is 6.93. The first kappa shape index (κ1) is 16.1. The Labute approximate surface area is 134 Å². The average Bonchev–Trinajstić information content (AvgIpc) is 2.56. The molecule has 1 amide bonds. The van der Waals surface area contributed by atoms with E-state index in [1.165, 1.54) is 0 Å². The summed E-state index contributed by atoms with van der Waals surface area (Å²) in [5.74, 6) is 0.571. The van der Waals surface area contributed by atoms with Gasteiger partial charge in [-0.3, -0.25) is 4.79 Å². The molecular weight excluding hydrogens is 294 g/mol. The van der Waals surface area contributed by atoms with Gasteiger partial charge in [0.25, 0.3) is 0 Å². The van der Waals surface area contributed by atoms with Crippen LogP contribution in [0.15, 0.2) is 59.5 Å². The van der Waals surface area contributed by atoms with E-state index in [2.05, 4.69) is 11.4 Å². The fraction of sp³-hybridized carbons (Fsp3) is 0.176. The summed E-state index contributed by atoms with van der Waals surface area (Å²) in [6.45, 7) is 0. The zero-order valence-electron chi connectivity index (χ0n) is 12.0. The second-order valence-corrected chi connectivity index (χ2v) is 5.90. The largest absolute Gasteiger partial charge is 0.325 e. The van der Waals surface area contributed by atoms with Crippen molar-refractivity contribution >= 4 is 23.4 Å². The lowest BCUT2D eigenvalue weighted by molar-refractivity contribution is -0.117. The van der Waals surface area contributed by atoms with Crippen molar-refractivity contribution in [2.75, 3.05) is 11.1 Å². The standard InChI is InChI=1S/C17H17N3OS/c18-12-13-6-8-15(9-7-13)22-11-10-16(19)17(21)20-14-4-2-1-3-5-14/h1-9,16H,10-11,19H2,(H,20,21). The number of rotatable bonds is 6. The molecule has 0 aliphatic rings. The summed E-state index contributed by atoms with van der Waals surface area (Å²) >= 11 is 1.62. The summed E-state index contributed by atoms with van der Waals surface area (Å²) in [6, 6.07) is 18.2. The lowest BCUT2D eigenvalue weighted by Crippen LogP contribution is -2.36. The number of amides is 1. The smallest absolute Gasteiger partial charge is 0.241 e. The number of carbonyl (C=O) groups excluding carboxylic acids is 1. The van der Waals surface area contributed by atoms with E-state index in [-0.39, 0.29) is 5.91 Å². The molecule has 2 aromatic carbocycles. The Kier molecular flexibility index (Phi) is 6.01. The topological polar surface area (TPSA) is 78.9 Å². The predicted octanol–water partition coefficient (Wildman–Crippen LogP) is 3.01. The highest BCUT2D eigenvalue weighted by atomic mass is 32.2. The van der Waals surface area contributed by atoms with Gasteiger partial charge in [-0.1, -0.05) is 18.2 Å². The number of thioether (sulfide) groups is 1. The zero-order valence-corrected chi connectivity index (χ0v) is 12.8. The lowest BCUT2D eigenvalue weighted by Gasteiger charge is -2.12. The van der Waals surface area contributed by atoms with E-state index >= 15 is 0 Å². The molecule has 0 spiro atoms. The van der Waals surface area contributed by atoms with Crippen LogP contribution in [0.1, 0.15) is 12.0 Å². The number of nitrogens with two attached hydrogens (primary N) is 1. The Bertz CT molecular complexity index is 650. The molecule has 0 saturated heterocycles. The van der Waals surface area contributed by atoms with Crippen molar-refractivity contribution in [1.82, 2.24) is 0 Å². The minimum Gasteiger partial charge on any atom is -0.325 e. The van der Waals surface area contributed by atoms with Crippen LogP contribution in [0.3, 0.4) is 0 Å². The van der Waals surface area contributed by atoms with Crippen LogP contribution in [-0.2, 0) is 4.79 Å². The number of carbonyl (C=O) groups is 1. The van der Waals surface area contributed by atoms with Gasteiger partial charge in [-0.05, 0) is 48.6 Å². The van der Waals surface area contributed by atoms with Crippen molar-refractivity contribution in [2.24, 2.45) is 5.73 Å². The van der Waals surface area contributed by atoms with E-state index in [1.54, 1.807) is 23.9 Å². The summed E-state index contributed by atoms with van der Waals surface area (Å²) in [6.07, 6.45) is 0.587. The second-order valence-electron chi connectivity index (χ2n) is 4.74. The summed E-state index contributed by atoms with van der Waals surface area (Å²) < 4.78 is 0. The highest BCUT2D eigenvalue weighted by Crippen LogP contribution is 2.19. The molecule has 0 saturated carbocycles. The Morgan fingerprint density at radius 2 is 1.86 bits per heavy atom. The van der Waals surface area contributed by atoms with Crippen LogP contribution in [0.4, 0.5) is 5.69 Å². The van der Waals surface area contributed by atoms with Gasteiger partial charge in [0, 0.05) is 10.6 Å². The van der Waals surface area contributed by atoms with E-state index in [0.717, 1.165) is 16.3 Å². The Morgan fingerprint density at radius 1 is 1.18 bits per heavy atom. The van der Waals surface area contributed by atoms with Gasteiger partial charge in [0.05, 0.1) is 17.7 Å². The van der Waals surface area contributed by atoms with Crippen molar-refractivity contribution in [3.05, 3.63) is 60.2 Å². The first-order valence-corrected chi connectivity index (χ1v) is 7.92. The maximum Gasteiger partial charge on any atom is 0.241 e. The maximum absolute atomic E-state index is 12.0. The number of anilines is 1. The Morgan fingerprint density at radius 3 is 2.50 bits per heavy atom. The highest BCUT2D eigenvalue weighted by Gasteiger charge is 2.13. The number of hydrogen-bond acceptors (Lipinski definition) is 4. The minimum atomic E-state index is -0.536. The number of benzene rings is 2. The van der Waals surface area contributed by atoms with Crippen LogP contribution in [0.2, 0.25) is 0 Å². The molecule has 0 radical (unpaired) electrons. The van der Waals surface area contributed by atoms with Gasteiger partial charge < -0.3 is 11.1 Å². The molecule has 0 aromatic heterocycles. The van der Waals surface area contributed by atoms with Gasteiger partial charge in [0.15, 0.2) is 0 Å². The summed E-state index contributed by atoms with van der Waals surface area (Å²) in [5, 5.41) is 11.5. The van der Waals surface area contributed by atoms with E-state index in [9.17, 15) is 4.79 Å². The minimum absolute atomic E-state index is 0.174. The second kappa shape index (κ2) is 8.23. The third-order valence-electron chi connectivity index (χ3n) is 3.06. The summed E-state index contributed by atoms with van der Waals surface area (Å²) in [7, 11) is 0. The summed E-state index contributed by atoms with van der Waals surface area (Å²) in [4.78, 5) is 13.0. The molecule has 1 unspecified atom stereocenters. The molecular formula is C17H17N3OS. The van der Waals surface area contributed by atoms with Gasteiger partial charge in [0.1, 0.15) is 0 Å². The number of hydrogen-bond donors (Lipinski definition) is 2. The van der Waals surface area contributed by atoms with Crippen LogP contribution < -0.4 is 11.1 Å². The third-order valence-corrected chi connectivity index (χ3v) is 4.10. The van der Waals surface area contributed by atoms with E-state index in [1.807, 2.05) is 42.5 Å². The molecule has 3 N–H and O–H groups in total. The number of nitrogens with zero attached hydrogens (tertiary/aromatic N) is 1. The van der Waals surface area contributed by atoms with E-state index in [0.29, 0.717) is 12.0 Å². The van der Waals surface area contributed by atoms with Crippen LogP contribution in [0.25, 0.3) is 0 Å². The van der Waals surface area contributed by atoms with E-state index < -0.39 is 6.04 Å². The van der Waals surface area contributed by atoms with Crippen LogP contribution in [0, 0.1) is 11.3 Å². The molecule has 5 heteroatoms. The molecule has 112 valence electrons. The highest BCUT2D eigenvalue weighted by molar-refractivity contribution is 7.99. The van der Waals surface area contributed by atoms with Crippen molar-refractivity contribution in [1.29, 1.82) is 5.26 Å². The Hall–Kier alpha value is -2.29. The fourth-order valence-electron chi connectivity index (χ4n) is 1.82. The molecule has 0 fully saturated rings. The van der Waals surface area contributed by atoms with Crippen molar-refractivity contribution < 1.29 is 4.79 Å². The molecule has 22 heavy (non-hydrogen) atoms. The maximum atomic E-state index is 12.0. The normalized spacial score (nSPS) is 11.5. The van der Waals surface area contributed by atoms with Gasteiger partial charge in [-0.2, -0.15) is 5.26 Å². The Balaban J connectivity index is 1.76. The van der Waals surface area contributed by atoms with Crippen LogP contribution in [0.5, 0.6) is 0 Å². The molecule has 2 rings (SSSR count). The first-order chi connectivity index (χ1) is 10.7. The molecule has 4 nitrogen and oxygen atoms in total. The average molecular weight is 311 g/mol. The van der Waals surface area contributed by atoms with Crippen molar-refractivity contribution in [2.45, 2.75) is 17.4 Å². The number of para-hydroxylation sites is 1. The molecule has 0 aliphatic heterocycles. The monoisotopic (exact) mass is 311 g/mol. The molecule has 0 bridgehead atoms. The summed E-state index contributed by atoms with van der Waals surface area (Å²) in [5.41, 5.74) is 7.30. The van der Waals surface area contributed by atoms with Gasteiger partial charge in [-0.15, -0.1) is 11.8 Å². The van der Waals surface area contributed by atoms with Gasteiger partial charge >= 0.3 is 0 Å². The van der Waals surface area contributed by atoms with Gasteiger partial charge in [-0.25, -0.2) is 0 Å². The molecule has 0 aliphatic carbocycles. The van der Waals surface area contributed by atoms with Crippen molar-refractivity contribution in [3.63, 3.8) is 0 Å². The molecule has 2 aromatic rings. The van der Waals surface area contributed by atoms with Crippen LogP contribution >= 0.6 is 11.8 Å². The molecule has 1 atom stereocenters. The predicted molar refractivity (Wildman–Crippen MR) is 89.5 cm³/mol. The molecule has 0 heterocycles.